The standard InChI is InChI=1S/C31H26N2O3/c34-29(24-14-6-2-7-15-24)32-20-21-33-30(35)28(36-22-23-12-4-1-5-13-23)31(33,25-16-8-3-9-17-25)26-18-10-11-19-27(26)32/h1-19,28H,20-22H2/t28-,31-/m1/s1. The molecule has 2 aliphatic heterocycles. The third-order valence-electron chi connectivity index (χ3n) is 7.19. The zero-order valence-electron chi connectivity index (χ0n) is 19.8. The van der Waals surface area contributed by atoms with Gasteiger partial charge in [-0.15, -0.1) is 0 Å². The van der Waals surface area contributed by atoms with E-state index in [1.54, 1.807) is 4.90 Å². The maximum absolute atomic E-state index is 13.7. The van der Waals surface area contributed by atoms with Gasteiger partial charge in [-0.2, -0.15) is 0 Å². The van der Waals surface area contributed by atoms with E-state index in [0.29, 0.717) is 25.3 Å². The zero-order valence-corrected chi connectivity index (χ0v) is 19.8. The van der Waals surface area contributed by atoms with Crippen molar-refractivity contribution in [1.29, 1.82) is 0 Å². The molecular weight excluding hydrogens is 448 g/mol. The number of carbonyl (C=O) groups excluding carboxylic acids is 2. The molecule has 1 fully saturated rings. The van der Waals surface area contributed by atoms with Crippen LogP contribution in [0.5, 0.6) is 0 Å². The number of β-lactam (4-membered cyclic amide) rings is 1. The molecule has 5 heteroatoms. The van der Waals surface area contributed by atoms with Crippen LogP contribution in [0.3, 0.4) is 0 Å². The Kier molecular flexibility index (Phi) is 5.62. The molecule has 0 unspecified atom stereocenters. The molecule has 36 heavy (non-hydrogen) atoms. The Balaban J connectivity index is 1.48. The van der Waals surface area contributed by atoms with Crippen molar-refractivity contribution >= 4 is 17.5 Å². The molecule has 0 N–H and O–H groups in total. The number of nitrogens with zero attached hydrogens (tertiary/aromatic N) is 2. The van der Waals surface area contributed by atoms with Crippen molar-refractivity contribution in [2.24, 2.45) is 0 Å². The smallest absolute Gasteiger partial charge is 0.258 e. The number of hydrogen-bond donors (Lipinski definition) is 0. The number of hydrogen-bond acceptors (Lipinski definition) is 3. The lowest BCUT2D eigenvalue weighted by molar-refractivity contribution is -0.191. The second-order valence-corrected chi connectivity index (χ2v) is 9.14. The second-order valence-electron chi connectivity index (χ2n) is 9.14. The Bertz CT molecular complexity index is 1390. The lowest BCUT2D eigenvalue weighted by atomic mass is 9.69. The van der Waals surface area contributed by atoms with Crippen molar-refractivity contribution in [3.63, 3.8) is 0 Å². The van der Waals surface area contributed by atoms with E-state index in [-0.39, 0.29) is 11.8 Å². The van der Waals surface area contributed by atoms with Crippen LogP contribution in [0.4, 0.5) is 5.69 Å². The van der Waals surface area contributed by atoms with E-state index >= 15 is 0 Å². The molecule has 2 heterocycles. The molecule has 0 aliphatic carbocycles. The molecule has 0 saturated carbocycles. The molecule has 2 atom stereocenters. The number of ether oxygens (including phenoxy) is 1. The van der Waals surface area contributed by atoms with Crippen LogP contribution in [-0.2, 0) is 21.7 Å². The normalized spacial score (nSPS) is 20.7. The molecular formula is C31H26N2O3. The lowest BCUT2D eigenvalue weighted by Crippen LogP contribution is -2.73. The highest BCUT2D eigenvalue weighted by atomic mass is 16.5. The minimum Gasteiger partial charge on any atom is -0.360 e. The summed E-state index contributed by atoms with van der Waals surface area (Å²) in [5.41, 5.74) is 3.48. The van der Waals surface area contributed by atoms with Gasteiger partial charge in [0.05, 0.1) is 12.3 Å². The second kappa shape index (κ2) is 9.10. The van der Waals surface area contributed by atoms with Crippen molar-refractivity contribution in [3.05, 3.63) is 138 Å². The number of fused-ring (bicyclic) bond motifs is 3. The summed E-state index contributed by atoms with van der Waals surface area (Å²) < 4.78 is 6.40. The van der Waals surface area contributed by atoms with Gasteiger partial charge in [0.15, 0.2) is 6.10 Å². The molecule has 178 valence electrons. The van der Waals surface area contributed by atoms with Gasteiger partial charge >= 0.3 is 0 Å². The van der Waals surface area contributed by atoms with Crippen molar-refractivity contribution in [1.82, 2.24) is 4.90 Å². The van der Waals surface area contributed by atoms with Crippen LogP contribution in [0, 0.1) is 0 Å². The Labute approximate surface area is 210 Å². The van der Waals surface area contributed by atoms with Crippen LogP contribution < -0.4 is 4.90 Å². The Morgan fingerprint density at radius 3 is 2.11 bits per heavy atom. The average molecular weight is 475 g/mol. The van der Waals surface area contributed by atoms with Crippen LogP contribution in [-0.4, -0.2) is 35.9 Å². The summed E-state index contributed by atoms with van der Waals surface area (Å²) in [6.07, 6.45) is -0.701. The van der Waals surface area contributed by atoms with Crippen molar-refractivity contribution in [3.8, 4) is 0 Å². The first kappa shape index (κ1) is 22.3. The highest BCUT2D eigenvalue weighted by Crippen LogP contribution is 2.53. The fraction of sp³-hybridized carbons (Fsp3) is 0.161. The van der Waals surface area contributed by atoms with E-state index < -0.39 is 11.6 Å². The van der Waals surface area contributed by atoms with E-state index in [1.807, 2.05) is 120 Å². The fourth-order valence-corrected chi connectivity index (χ4v) is 5.54. The third-order valence-corrected chi connectivity index (χ3v) is 7.19. The Morgan fingerprint density at radius 1 is 0.778 bits per heavy atom. The van der Waals surface area contributed by atoms with Gasteiger partial charge in [0.25, 0.3) is 11.8 Å². The molecule has 2 amide bonds. The van der Waals surface area contributed by atoms with Gasteiger partial charge < -0.3 is 14.5 Å². The minimum absolute atomic E-state index is 0.0569. The monoisotopic (exact) mass is 474 g/mol. The summed E-state index contributed by atoms with van der Waals surface area (Å²) in [5, 5.41) is 0. The first-order chi connectivity index (χ1) is 17.7. The average Bonchev–Trinajstić information content (AvgIpc) is 3.07. The largest absolute Gasteiger partial charge is 0.360 e. The van der Waals surface area contributed by atoms with Crippen molar-refractivity contribution < 1.29 is 14.3 Å². The predicted octanol–water partition coefficient (Wildman–Crippen LogP) is 5.02. The molecule has 6 rings (SSSR count). The summed E-state index contributed by atoms with van der Waals surface area (Å²) in [6, 6.07) is 37.1. The molecule has 4 aromatic rings. The highest BCUT2D eigenvalue weighted by molar-refractivity contribution is 6.07. The number of benzene rings is 4. The van der Waals surface area contributed by atoms with Crippen LogP contribution >= 0.6 is 0 Å². The van der Waals surface area contributed by atoms with Gasteiger partial charge in [-0.05, 0) is 29.3 Å². The molecule has 0 aromatic heterocycles. The van der Waals surface area contributed by atoms with E-state index in [1.165, 1.54) is 0 Å². The van der Waals surface area contributed by atoms with Gasteiger partial charge in [0.1, 0.15) is 5.54 Å². The van der Waals surface area contributed by atoms with E-state index in [2.05, 4.69) is 0 Å². The Morgan fingerprint density at radius 2 is 1.39 bits per heavy atom. The van der Waals surface area contributed by atoms with Crippen LogP contribution in [0.2, 0.25) is 0 Å². The summed E-state index contributed by atoms with van der Waals surface area (Å²) in [6.45, 7) is 1.14. The minimum atomic E-state index is -0.824. The molecule has 5 nitrogen and oxygen atoms in total. The number of carbonyl (C=O) groups is 2. The van der Waals surface area contributed by atoms with Gasteiger partial charge in [-0.3, -0.25) is 9.59 Å². The summed E-state index contributed by atoms with van der Waals surface area (Å²) >= 11 is 0. The van der Waals surface area contributed by atoms with E-state index in [9.17, 15) is 9.59 Å². The summed E-state index contributed by atoms with van der Waals surface area (Å²) in [5.74, 6) is -0.137. The van der Waals surface area contributed by atoms with Crippen molar-refractivity contribution in [2.45, 2.75) is 18.2 Å². The summed E-state index contributed by atoms with van der Waals surface area (Å²) in [7, 11) is 0. The first-order valence-electron chi connectivity index (χ1n) is 12.2. The van der Waals surface area contributed by atoms with Crippen LogP contribution in [0.25, 0.3) is 0 Å². The topological polar surface area (TPSA) is 49.9 Å². The predicted molar refractivity (Wildman–Crippen MR) is 139 cm³/mol. The van der Waals surface area contributed by atoms with Gasteiger partial charge in [0, 0.05) is 24.2 Å². The number of anilines is 1. The molecule has 0 spiro atoms. The number of rotatable bonds is 5. The zero-order chi connectivity index (χ0) is 24.5. The molecule has 2 aliphatic rings. The van der Waals surface area contributed by atoms with E-state index in [0.717, 1.165) is 22.4 Å². The van der Waals surface area contributed by atoms with Gasteiger partial charge in [-0.25, -0.2) is 0 Å². The molecule has 0 bridgehead atoms. The first-order valence-corrected chi connectivity index (χ1v) is 12.2. The van der Waals surface area contributed by atoms with Crippen LogP contribution in [0.1, 0.15) is 27.0 Å². The van der Waals surface area contributed by atoms with Gasteiger partial charge in [-0.1, -0.05) is 97.1 Å². The van der Waals surface area contributed by atoms with E-state index in [4.69, 9.17) is 4.74 Å². The molecule has 4 aromatic carbocycles. The summed E-state index contributed by atoms with van der Waals surface area (Å²) in [4.78, 5) is 30.9. The van der Waals surface area contributed by atoms with Gasteiger partial charge in [0.2, 0.25) is 0 Å². The quantitative estimate of drug-likeness (QED) is 0.382. The maximum Gasteiger partial charge on any atom is 0.258 e. The number of para-hydroxylation sites is 1. The fourth-order valence-electron chi connectivity index (χ4n) is 5.54. The molecule has 1 saturated heterocycles. The highest BCUT2D eigenvalue weighted by Gasteiger charge is 2.64. The lowest BCUT2D eigenvalue weighted by Gasteiger charge is -2.57. The molecule has 0 radical (unpaired) electrons. The number of amides is 2. The van der Waals surface area contributed by atoms with Crippen molar-refractivity contribution in [2.75, 3.05) is 18.0 Å². The third kappa shape index (κ3) is 3.43. The maximum atomic E-state index is 13.7. The Hall–Kier alpha value is -4.22. The van der Waals surface area contributed by atoms with Crippen LogP contribution in [0.15, 0.2) is 115 Å². The SMILES string of the molecule is O=C(c1ccccc1)N1CCN2C(=O)[C@@H](OCc3ccccc3)[C@@]2(c2ccccc2)c2ccccc21.